The van der Waals surface area contributed by atoms with Gasteiger partial charge in [-0.15, -0.1) is 0 Å². The van der Waals surface area contributed by atoms with Crippen molar-refractivity contribution in [1.29, 1.82) is 0 Å². The van der Waals surface area contributed by atoms with Crippen LogP contribution in [0.5, 0.6) is 0 Å². The van der Waals surface area contributed by atoms with Crippen molar-refractivity contribution in [2.45, 2.75) is 13.8 Å². The third kappa shape index (κ3) is 1.35. The first kappa shape index (κ1) is 5.45. The molecule has 0 amide bonds. The van der Waals surface area contributed by atoms with Crippen molar-refractivity contribution >= 4 is 11.9 Å². The van der Waals surface area contributed by atoms with Gasteiger partial charge in [0, 0.05) is 12.3 Å². The number of nitrogens with one attached hydrogen (secondary N) is 1. The summed E-state index contributed by atoms with van der Waals surface area (Å²) in [6, 6.07) is 0. The van der Waals surface area contributed by atoms with Crippen LogP contribution in [0.1, 0.15) is 13.8 Å². The highest BCUT2D eigenvalue weighted by Crippen LogP contribution is 2.25. The van der Waals surface area contributed by atoms with Crippen LogP contribution in [0, 0.1) is 5.41 Å². The van der Waals surface area contributed by atoms with Crippen molar-refractivity contribution in [3.05, 3.63) is 0 Å². The van der Waals surface area contributed by atoms with Gasteiger partial charge in [-0.2, -0.15) is 0 Å². The normalized spacial score (nSPS) is 28.3. The van der Waals surface area contributed by atoms with Gasteiger partial charge in [-0.05, 0) is 5.41 Å². The Bertz CT molecular complexity index is 62.5. The maximum absolute atomic E-state index is 3.23. The molecule has 1 fully saturated rings. The first-order chi connectivity index (χ1) is 3.21. The Morgan fingerprint density at radius 2 is 2.29 bits per heavy atom. The van der Waals surface area contributed by atoms with Crippen molar-refractivity contribution in [2.24, 2.45) is 5.41 Å². The topological polar surface area (TPSA) is 12.0 Å². The molecule has 0 aromatic rings. The van der Waals surface area contributed by atoms with Crippen LogP contribution in [0.4, 0.5) is 0 Å². The molecule has 1 heterocycles. The van der Waals surface area contributed by atoms with Gasteiger partial charge in [0.25, 0.3) is 0 Å². The molecule has 7 heavy (non-hydrogen) atoms. The summed E-state index contributed by atoms with van der Waals surface area (Å²) in [6.45, 7) is 5.72. The molecule has 1 rings (SSSR count). The van der Waals surface area contributed by atoms with Crippen LogP contribution in [-0.4, -0.2) is 12.3 Å². The van der Waals surface area contributed by atoms with Gasteiger partial charge in [0.05, 0.1) is 0 Å². The van der Waals surface area contributed by atoms with E-state index in [9.17, 15) is 0 Å². The average molecular weight is 117 g/mol. The molecule has 42 valence electrons. The van der Waals surface area contributed by atoms with E-state index in [1.807, 2.05) is 11.9 Å². The first-order valence-electron chi connectivity index (χ1n) is 2.55. The van der Waals surface area contributed by atoms with E-state index in [1.165, 1.54) is 5.75 Å². The summed E-state index contributed by atoms with van der Waals surface area (Å²) < 4.78 is 3.23. The third-order valence-electron chi connectivity index (χ3n) is 1.12. The van der Waals surface area contributed by atoms with E-state index in [4.69, 9.17) is 0 Å². The predicted octanol–water partition coefficient (Wildman–Crippen LogP) is 1.26. The maximum atomic E-state index is 3.23. The number of rotatable bonds is 0. The molecule has 0 aromatic heterocycles. The SMILES string of the molecule is CC1(C)CNSC1. The fraction of sp³-hybridized carbons (Fsp3) is 1.00. The Balaban J connectivity index is 2.40. The molecule has 0 radical (unpaired) electrons. The molecule has 1 aliphatic heterocycles. The Kier molecular flexibility index (Phi) is 1.30. The molecule has 1 N–H and O–H groups in total. The van der Waals surface area contributed by atoms with Crippen molar-refractivity contribution in [1.82, 2.24) is 4.72 Å². The number of hydrogen-bond acceptors (Lipinski definition) is 2. The Morgan fingerprint density at radius 3 is 2.43 bits per heavy atom. The lowest BCUT2D eigenvalue weighted by molar-refractivity contribution is 0.448. The van der Waals surface area contributed by atoms with Crippen molar-refractivity contribution < 1.29 is 0 Å². The van der Waals surface area contributed by atoms with Gasteiger partial charge in [-0.3, -0.25) is 4.72 Å². The molecule has 0 saturated carbocycles. The zero-order valence-electron chi connectivity index (χ0n) is 4.82. The smallest absolute Gasteiger partial charge is 0.0142 e. The van der Waals surface area contributed by atoms with Crippen LogP contribution in [0.3, 0.4) is 0 Å². The summed E-state index contributed by atoms with van der Waals surface area (Å²) in [5.41, 5.74) is 0.546. The minimum absolute atomic E-state index is 0.546. The van der Waals surface area contributed by atoms with E-state index < -0.39 is 0 Å². The Morgan fingerprint density at radius 1 is 1.57 bits per heavy atom. The zero-order valence-corrected chi connectivity index (χ0v) is 5.64. The van der Waals surface area contributed by atoms with Crippen LogP contribution in [0.15, 0.2) is 0 Å². The molecule has 0 aliphatic carbocycles. The minimum Gasteiger partial charge on any atom is -0.264 e. The fourth-order valence-electron chi connectivity index (χ4n) is 0.544. The predicted molar refractivity (Wildman–Crippen MR) is 34.2 cm³/mol. The summed E-state index contributed by atoms with van der Waals surface area (Å²) in [6.07, 6.45) is 0. The quantitative estimate of drug-likeness (QED) is 0.479. The van der Waals surface area contributed by atoms with Gasteiger partial charge >= 0.3 is 0 Å². The molecule has 1 aliphatic rings. The monoisotopic (exact) mass is 117 g/mol. The lowest BCUT2D eigenvalue weighted by atomic mass is 9.98. The lowest BCUT2D eigenvalue weighted by Gasteiger charge is -2.11. The third-order valence-corrected chi connectivity index (χ3v) is 2.39. The largest absolute Gasteiger partial charge is 0.264 e. The summed E-state index contributed by atoms with van der Waals surface area (Å²) in [5, 5.41) is 0. The first-order valence-corrected chi connectivity index (χ1v) is 3.54. The van der Waals surface area contributed by atoms with Gasteiger partial charge in [-0.1, -0.05) is 25.8 Å². The second kappa shape index (κ2) is 1.67. The highest BCUT2D eigenvalue weighted by Gasteiger charge is 2.22. The fourth-order valence-corrected chi connectivity index (χ4v) is 1.63. The van der Waals surface area contributed by atoms with Gasteiger partial charge in [-0.25, -0.2) is 0 Å². The molecule has 0 unspecified atom stereocenters. The standard InChI is InChI=1S/C5H11NS/c1-5(2)3-6-7-4-5/h6H,3-4H2,1-2H3. The van der Waals surface area contributed by atoms with Crippen LogP contribution in [-0.2, 0) is 0 Å². The van der Waals surface area contributed by atoms with E-state index in [1.54, 1.807) is 0 Å². The van der Waals surface area contributed by atoms with Crippen LogP contribution < -0.4 is 4.72 Å². The van der Waals surface area contributed by atoms with E-state index in [-0.39, 0.29) is 0 Å². The van der Waals surface area contributed by atoms with Crippen LogP contribution in [0.2, 0.25) is 0 Å². The van der Waals surface area contributed by atoms with E-state index in [0.29, 0.717) is 5.41 Å². The summed E-state index contributed by atoms with van der Waals surface area (Å²) in [4.78, 5) is 0. The zero-order chi connectivity index (χ0) is 5.33. The summed E-state index contributed by atoms with van der Waals surface area (Å²) >= 11 is 1.83. The minimum atomic E-state index is 0.546. The molecule has 1 saturated heterocycles. The van der Waals surface area contributed by atoms with Gasteiger partial charge in [0.1, 0.15) is 0 Å². The molecule has 0 atom stereocenters. The molecule has 2 heteroatoms. The summed E-state index contributed by atoms with van der Waals surface area (Å²) in [5.74, 6) is 1.26. The van der Waals surface area contributed by atoms with Crippen molar-refractivity contribution in [3.63, 3.8) is 0 Å². The Labute approximate surface area is 49.0 Å². The van der Waals surface area contributed by atoms with Crippen LogP contribution in [0.25, 0.3) is 0 Å². The van der Waals surface area contributed by atoms with E-state index >= 15 is 0 Å². The lowest BCUT2D eigenvalue weighted by Crippen LogP contribution is -2.16. The Hall–Kier alpha value is 0.310. The second-order valence-electron chi connectivity index (χ2n) is 2.77. The van der Waals surface area contributed by atoms with Gasteiger partial charge in [0.15, 0.2) is 0 Å². The molecular formula is C5H11NS. The maximum Gasteiger partial charge on any atom is 0.0142 e. The van der Waals surface area contributed by atoms with Crippen LogP contribution >= 0.6 is 11.9 Å². The highest BCUT2D eigenvalue weighted by atomic mass is 32.2. The molecule has 0 bridgehead atoms. The molecule has 0 aromatic carbocycles. The molecule has 0 spiro atoms. The average Bonchev–Trinajstić information content (AvgIpc) is 1.84. The molecule has 1 nitrogen and oxygen atoms in total. The highest BCUT2D eigenvalue weighted by molar-refractivity contribution is 7.97. The van der Waals surface area contributed by atoms with Gasteiger partial charge in [0.2, 0.25) is 0 Å². The van der Waals surface area contributed by atoms with Crippen molar-refractivity contribution in [3.8, 4) is 0 Å². The molecular weight excluding hydrogens is 106 g/mol. The van der Waals surface area contributed by atoms with E-state index in [0.717, 1.165) is 6.54 Å². The summed E-state index contributed by atoms with van der Waals surface area (Å²) in [7, 11) is 0. The van der Waals surface area contributed by atoms with Crippen molar-refractivity contribution in [2.75, 3.05) is 12.3 Å². The van der Waals surface area contributed by atoms with Gasteiger partial charge < -0.3 is 0 Å². The number of hydrogen-bond donors (Lipinski definition) is 1. The second-order valence-corrected chi connectivity index (χ2v) is 3.64. The van der Waals surface area contributed by atoms with E-state index in [2.05, 4.69) is 18.6 Å².